The lowest BCUT2D eigenvalue weighted by Crippen LogP contribution is -2.48. The Morgan fingerprint density at radius 1 is 1.12 bits per heavy atom. The summed E-state index contributed by atoms with van der Waals surface area (Å²) in [5, 5.41) is 5.69. The van der Waals surface area contributed by atoms with E-state index < -0.39 is 5.41 Å². The van der Waals surface area contributed by atoms with E-state index in [1.807, 2.05) is 38.4 Å². The topological polar surface area (TPSA) is 70.7 Å². The highest BCUT2D eigenvalue weighted by Crippen LogP contribution is 2.16. The van der Waals surface area contributed by atoms with Crippen molar-refractivity contribution >= 4 is 11.8 Å². The van der Waals surface area contributed by atoms with Gasteiger partial charge in [-0.25, -0.2) is 0 Å². The van der Waals surface area contributed by atoms with Crippen LogP contribution in [0.3, 0.4) is 0 Å². The fourth-order valence-electron chi connectivity index (χ4n) is 2.29. The maximum absolute atomic E-state index is 12.4. The molecule has 2 N–H and O–H groups in total. The lowest BCUT2D eigenvalue weighted by molar-refractivity contribution is -0.141. The van der Waals surface area contributed by atoms with Crippen molar-refractivity contribution in [1.29, 1.82) is 0 Å². The Labute approximate surface area is 150 Å². The van der Waals surface area contributed by atoms with Crippen molar-refractivity contribution in [3.05, 3.63) is 29.8 Å². The van der Waals surface area contributed by atoms with Gasteiger partial charge in [-0.15, -0.1) is 0 Å². The van der Waals surface area contributed by atoms with Crippen LogP contribution in [0.15, 0.2) is 24.3 Å². The van der Waals surface area contributed by atoms with Gasteiger partial charge in [-0.3, -0.25) is 9.59 Å². The highest BCUT2D eigenvalue weighted by molar-refractivity contribution is 6.04. The molecular weight excluding hydrogens is 318 g/mol. The fourth-order valence-corrected chi connectivity index (χ4v) is 2.29. The van der Waals surface area contributed by atoms with Gasteiger partial charge in [-0.05, 0) is 65.0 Å². The van der Waals surface area contributed by atoms with Gasteiger partial charge in [0.15, 0.2) is 0 Å². The molecule has 0 fully saturated rings. The highest BCUT2D eigenvalue weighted by Gasteiger charge is 2.35. The number of methoxy groups -OCH3 is 1. The zero-order chi connectivity index (χ0) is 18.9. The average molecular weight is 349 g/mol. The zero-order valence-electron chi connectivity index (χ0n) is 16.0. The maximum atomic E-state index is 12.4. The molecule has 0 radical (unpaired) electrons. The summed E-state index contributed by atoms with van der Waals surface area (Å²) in [4.78, 5) is 26.7. The summed E-state index contributed by atoms with van der Waals surface area (Å²) in [5.41, 5.74) is -0.0162. The number of carbonyl (C=O) groups excluding carboxylic acids is 2. The van der Waals surface area contributed by atoms with Gasteiger partial charge in [-0.1, -0.05) is 12.1 Å². The third-order valence-corrected chi connectivity index (χ3v) is 4.04. The van der Waals surface area contributed by atoms with Crippen molar-refractivity contribution in [1.82, 2.24) is 15.5 Å². The lowest BCUT2D eigenvalue weighted by Gasteiger charge is -2.23. The molecule has 0 aromatic heterocycles. The molecule has 0 unspecified atom stereocenters. The van der Waals surface area contributed by atoms with Gasteiger partial charge >= 0.3 is 0 Å². The Morgan fingerprint density at radius 3 is 2.36 bits per heavy atom. The van der Waals surface area contributed by atoms with Crippen LogP contribution in [0.1, 0.15) is 25.8 Å². The van der Waals surface area contributed by atoms with Crippen LogP contribution in [-0.4, -0.2) is 57.6 Å². The Morgan fingerprint density at radius 2 is 1.76 bits per heavy atom. The van der Waals surface area contributed by atoms with Crippen molar-refractivity contribution in [2.75, 3.05) is 40.8 Å². The molecule has 1 aromatic carbocycles. The Kier molecular flexibility index (Phi) is 8.41. The molecule has 0 heterocycles. The van der Waals surface area contributed by atoms with Crippen molar-refractivity contribution in [2.24, 2.45) is 5.41 Å². The predicted octanol–water partition coefficient (Wildman–Crippen LogP) is 1.45. The van der Waals surface area contributed by atoms with E-state index in [9.17, 15) is 9.59 Å². The van der Waals surface area contributed by atoms with Crippen molar-refractivity contribution in [2.45, 2.75) is 26.7 Å². The molecule has 1 rings (SSSR count). The van der Waals surface area contributed by atoms with Crippen molar-refractivity contribution in [3.8, 4) is 5.75 Å². The molecule has 0 saturated heterocycles. The second-order valence-corrected chi connectivity index (χ2v) is 6.90. The van der Waals surface area contributed by atoms with Crippen LogP contribution in [-0.2, 0) is 16.0 Å². The van der Waals surface area contributed by atoms with E-state index in [2.05, 4.69) is 15.5 Å². The number of nitrogens with one attached hydrogen (secondary N) is 2. The number of carbonyl (C=O) groups is 2. The maximum Gasteiger partial charge on any atom is 0.235 e. The van der Waals surface area contributed by atoms with Crippen LogP contribution in [0.4, 0.5) is 0 Å². The summed E-state index contributed by atoms with van der Waals surface area (Å²) in [6.07, 6.45) is 1.54. The Hall–Kier alpha value is -2.08. The van der Waals surface area contributed by atoms with E-state index in [0.29, 0.717) is 19.5 Å². The third-order valence-electron chi connectivity index (χ3n) is 4.04. The molecule has 0 saturated carbocycles. The standard InChI is InChI=1S/C19H31N3O3/c1-19(2,17(23)20-11-7-13-22(3)4)18(24)21-12-10-15-8-6-9-16(14-15)25-5/h6,8-9,14H,7,10-13H2,1-5H3,(H,20,23)(H,21,24). The summed E-state index contributed by atoms with van der Waals surface area (Å²) in [6, 6.07) is 7.72. The van der Waals surface area contributed by atoms with E-state index >= 15 is 0 Å². The van der Waals surface area contributed by atoms with Crippen LogP contribution < -0.4 is 15.4 Å². The van der Waals surface area contributed by atoms with Gasteiger partial charge in [0.1, 0.15) is 11.2 Å². The minimum atomic E-state index is -1.09. The molecule has 6 heteroatoms. The third kappa shape index (κ3) is 7.13. The number of amides is 2. The summed E-state index contributed by atoms with van der Waals surface area (Å²) in [5.74, 6) is 0.284. The number of hydrogen-bond acceptors (Lipinski definition) is 4. The molecule has 6 nitrogen and oxygen atoms in total. The van der Waals surface area contributed by atoms with Crippen LogP contribution >= 0.6 is 0 Å². The summed E-state index contributed by atoms with van der Waals surface area (Å²) in [6.45, 7) is 5.23. The van der Waals surface area contributed by atoms with Crippen LogP contribution in [0.25, 0.3) is 0 Å². The second kappa shape index (κ2) is 10.0. The first kappa shape index (κ1) is 21.0. The molecule has 0 bridgehead atoms. The molecule has 1 aromatic rings. The second-order valence-electron chi connectivity index (χ2n) is 6.90. The van der Waals surface area contributed by atoms with Gasteiger partial charge in [-0.2, -0.15) is 0 Å². The largest absolute Gasteiger partial charge is 0.497 e. The van der Waals surface area contributed by atoms with E-state index in [0.717, 1.165) is 24.3 Å². The highest BCUT2D eigenvalue weighted by atomic mass is 16.5. The van der Waals surface area contributed by atoms with E-state index in [-0.39, 0.29) is 11.8 Å². The van der Waals surface area contributed by atoms with Gasteiger partial charge in [0, 0.05) is 13.1 Å². The van der Waals surface area contributed by atoms with Gasteiger partial charge in [0.25, 0.3) is 0 Å². The molecule has 0 atom stereocenters. The van der Waals surface area contributed by atoms with Gasteiger partial charge in [0.2, 0.25) is 11.8 Å². The van der Waals surface area contributed by atoms with E-state index in [1.165, 1.54) is 0 Å². The average Bonchev–Trinajstić information content (AvgIpc) is 2.58. The number of rotatable bonds is 10. The van der Waals surface area contributed by atoms with E-state index in [1.54, 1.807) is 21.0 Å². The molecule has 0 aliphatic carbocycles. The molecule has 2 amide bonds. The molecule has 0 aliphatic heterocycles. The Balaban J connectivity index is 2.41. The van der Waals surface area contributed by atoms with Crippen molar-refractivity contribution < 1.29 is 14.3 Å². The summed E-state index contributed by atoms with van der Waals surface area (Å²) < 4.78 is 5.19. The lowest BCUT2D eigenvalue weighted by atomic mass is 9.91. The van der Waals surface area contributed by atoms with Crippen LogP contribution in [0, 0.1) is 5.41 Å². The van der Waals surface area contributed by atoms with Crippen molar-refractivity contribution in [3.63, 3.8) is 0 Å². The minimum Gasteiger partial charge on any atom is -0.497 e. The Bertz CT molecular complexity index is 571. The zero-order valence-corrected chi connectivity index (χ0v) is 16.0. The number of ether oxygens (including phenoxy) is 1. The SMILES string of the molecule is COc1cccc(CCNC(=O)C(C)(C)C(=O)NCCCN(C)C)c1. The summed E-state index contributed by atoms with van der Waals surface area (Å²) >= 11 is 0. The first-order valence-corrected chi connectivity index (χ1v) is 8.61. The molecular formula is C19H31N3O3. The molecule has 0 aliphatic rings. The minimum absolute atomic E-state index is 0.245. The monoisotopic (exact) mass is 349 g/mol. The smallest absolute Gasteiger partial charge is 0.235 e. The predicted molar refractivity (Wildman–Crippen MR) is 99.7 cm³/mol. The van der Waals surface area contributed by atoms with E-state index in [4.69, 9.17) is 4.74 Å². The first-order chi connectivity index (χ1) is 11.8. The van der Waals surface area contributed by atoms with Gasteiger partial charge in [0.05, 0.1) is 7.11 Å². The number of benzene rings is 1. The number of nitrogens with zero attached hydrogens (tertiary/aromatic N) is 1. The summed E-state index contributed by atoms with van der Waals surface area (Å²) in [7, 11) is 5.60. The fraction of sp³-hybridized carbons (Fsp3) is 0.579. The number of hydrogen-bond donors (Lipinski definition) is 2. The molecule has 0 spiro atoms. The molecule has 140 valence electrons. The normalized spacial score (nSPS) is 11.3. The van der Waals surface area contributed by atoms with Crippen LogP contribution in [0.2, 0.25) is 0 Å². The van der Waals surface area contributed by atoms with Gasteiger partial charge < -0.3 is 20.3 Å². The quantitative estimate of drug-likeness (QED) is 0.495. The van der Waals surface area contributed by atoms with Crippen LogP contribution in [0.5, 0.6) is 5.75 Å². The first-order valence-electron chi connectivity index (χ1n) is 8.61. The molecule has 25 heavy (non-hydrogen) atoms.